The van der Waals surface area contributed by atoms with Crippen molar-refractivity contribution in [1.82, 2.24) is 5.32 Å². The van der Waals surface area contributed by atoms with Crippen molar-refractivity contribution in [2.24, 2.45) is 5.73 Å². The van der Waals surface area contributed by atoms with Crippen LogP contribution in [-0.4, -0.2) is 24.7 Å². The lowest BCUT2D eigenvalue weighted by molar-refractivity contribution is -0.132. The summed E-state index contributed by atoms with van der Waals surface area (Å²) in [6.07, 6.45) is 1.28. The van der Waals surface area contributed by atoms with Crippen LogP contribution in [0.3, 0.4) is 0 Å². The van der Waals surface area contributed by atoms with Gasteiger partial charge in [0.2, 0.25) is 5.91 Å². The zero-order chi connectivity index (χ0) is 13.8. The fraction of sp³-hybridized carbons (Fsp3) is 0.500. The molecule has 1 aromatic rings. The number of hydrogen-bond acceptors (Lipinski definition) is 3. The van der Waals surface area contributed by atoms with Crippen molar-refractivity contribution in [3.05, 3.63) is 34.3 Å². The molecule has 1 heterocycles. The highest BCUT2D eigenvalue weighted by atomic mass is 79.9. The Balaban J connectivity index is 1.92. The Labute approximate surface area is 121 Å². The van der Waals surface area contributed by atoms with E-state index in [1.165, 1.54) is 0 Å². The molecule has 1 aliphatic rings. The highest BCUT2D eigenvalue weighted by molar-refractivity contribution is 9.10. The fourth-order valence-electron chi connectivity index (χ4n) is 2.24. The Morgan fingerprint density at radius 2 is 2.37 bits per heavy atom. The highest BCUT2D eigenvalue weighted by Crippen LogP contribution is 2.21. The van der Waals surface area contributed by atoms with E-state index in [9.17, 15) is 4.79 Å². The first-order valence-electron chi connectivity index (χ1n) is 6.51. The number of amides is 1. The first-order valence-corrected chi connectivity index (χ1v) is 7.31. The number of nitrogens with two attached hydrogens (primary N) is 1. The summed E-state index contributed by atoms with van der Waals surface area (Å²) < 4.78 is 6.59. The van der Waals surface area contributed by atoms with E-state index in [1.807, 2.05) is 31.2 Å². The number of rotatable bonds is 4. The molecular weight excluding hydrogens is 308 g/mol. The third kappa shape index (κ3) is 3.78. The normalized spacial score (nSPS) is 24.2. The molecule has 5 heteroatoms. The molecule has 0 radical (unpaired) electrons. The van der Waals surface area contributed by atoms with Crippen LogP contribution in [0.25, 0.3) is 0 Å². The molecule has 1 amide bonds. The van der Waals surface area contributed by atoms with Crippen molar-refractivity contribution in [2.75, 3.05) is 6.54 Å². The maximum Gasteiger partial charge on any atom is 0.249 e. The molecule has 1 saturated heterocycles. The summed E-state index contributed by atoms with van der Waals surface area (Å²) in [5, 5.41) is 2.98. The largest absolute Gasteiger partial charge is 0.364 e. The predicted octanol–water partition coefficient (Wildman–Crippen LogP) is 2.13. The Morgan fingerprint density at radius 3 is 3.00 bits per heavy atom. The van der Waals surface area contributed by atoms with Gasteiger partial charge >= 0.3 is 0 Å². The lowest BCUT2D eigenvalue weighted by atomic mass is 10.1. The zero-order valence-electron chi connectivity index (χ0n) is 10.9. The second kappa shape index (κ2) is 6.50. The highest BCUT2D eigenvalue weighted by Gasteiger charge is 2.30. The number of hydrogen-bond donors (Lipinski definition) is 2. The molecule has 2 unspecified atom stereocenters. The molecule has 3 atom stereocenters. The van der Waals surface area contributed by atoms with Gasteiger partial charge in [0.15, 0.2) is 0 Å². The Kier molecular flexibility index (Phi) is 4.96. The summed E-state index contributed by atoms with van der Waals surface area (Å²) in [6, 6.07) is 7.88. The molecule has 0 bridgehead atoms. The number of ether oxygens (including phenoxy) is 1. The van der Waals surface area contributed by atoms with Crippen molar-refractivity contribution >= 4 is 21.8 Å². The van der Waals surface area contributed by atoms with Crippen LogP contribution in [0.15, 0.2) is 28.7 Å². The summed E-state index contributed by atoms with van der Waals surface area (Å²) in [4.78, 5) is 12.1. The van der Waals surface area contributed by atoms with Gasteiger partial charge in [-0.15, -0.1) is 0 Å². The topological polar surface area (TPSA) is 64.4 Å². The Bertz CT molecular complexity index is 453. The molecule has 0 spiro atoms. The molecule has 4 nitrogen and oxygen atoms in total. The molecule has 0 aromatic heterocycles. The smallest absolute Gasteiger partial charge is 0.249 e. The van der Waals surface area contributed by atoms with Crippen LogP contribution in [0.4, 0.5) is 0 Å². The van der Waals surface area contributed by atoms with Gasteiger partial charge in [-0.1, -0.05) is 28.1 Å². The molecular formula is C14H19BrN2O2. The molecule has 0 aliphatic carbocycles. The lowest BCUT2D eigenvalue weighted by Gasteiger charge is -2.18. The Hall–Kier alpha value is -0.910. The van der Waals surface area contributed by atoms with Crippen LogP contribution in [0.2, 0.25) is 0 Å². The van der Waals surface area contributed by atoms with Gasteiger partial charge in [0.05, 0.1) is 12.1 Å². The van der Waals surface area contributed by atoms with Crippen LogP contribution in [0, 0.1) is 0 Å². The van der Waals surface area contributed by atoms with E-state index in [0.29, 0.717) is 6.54 Å². The van der Waals surface area contributed by atoms with Crippen molar-refractivity contribution in [1.29, 1.82) is 0 Å². The number of carbonyl (C=O) groups excluding carboxylic acids is 1. The fourth-order valence-corrected chi connectivity index (χ4v) is 2.65. The minimum atomic E-state index is -0.358. The molecule has 3 N–H and O–H groups in total. The number of benzene rings is 1. The van der Waals surface area contributed by atoms with Crippen LogP contribution < -0.4 is 11.1 Å². The maximum atomic E-state index is 12.1. The molecule has 0 saturated carbocycles. The molecule has 1 aromatic carbocycles. The van der Waals surface area contributed by atoms with Gasteiger partial charge in [-0.2, -0.15) is 0 Å². The van der Waals surface area contributed by atoms with E-state index in [1.54, 1.807) is 0 Å². The molecule has 104 valence electrons. The van der Waals surface area contributed by atoms with Crippen molar-refractivity contribution < 1.29 is 9.53 Å². The maximum absolute atomic E-state index is 12.1. The lowest BCUT2D eigenvalue weighted by Crippen LogP contribution is -2.36. The van der Waals surface area contributed by atoms with Crippen molar-refractivity contribution in [3.8, 4) is 0 Å². The van der Waals surface area contributed by atoms with Gasteiger partial charge in [-0.3, -0.25) is 4.79 Å². The van der Waals surface area contributed by atoms with E-state index in [4.69, 9.17) is 10.5 Å². The number of halogens is 1. The number of carbonyl (C=O) groups is 1. The van der Waals surface area contributed by atoms with E-state index in [2.05, 4.69) is 21.2 Å². The average Bonchev–Trinajstić information content (AvgIpc) is 2.87. The summed E-state index contributed by atoms with van der Waals surface area (Å²) in [5.41, 5.74) is 6.61. The van der Waals surface area contributed by atoms with Gasteiger partial charge in [0, 0.05) is 11.0 Å². The monoisotopic (exact) mass is 326 g/mol. The van der Waals surface area contributed by atoms with Gasteiger partial charge in [-0.25, -0.2) is 0 Å². The third-order valence-corrected chi connectivity index (χ3v) is 3.86. The minimum absolute atomic E-state index is 0.0249. The van der Waals surface area contributed by atoms with Crippen molar-refractivity contribution in [2.45, 2.75) is 38.0 Å². The summed E-state index contributed by atoms with van der Waals surface area (Å²) in [6.45, 7) is 2.44. The molecule has 2 rings (SSSR count). The third-order valence-electron chi connectivity index (χ3n) is 3.37. The SMILES string of the molecule is C[C@H](NC(=O)C1CCC(CN)O1)c1cccc(Br)c1. The minimum Gasteiger partial charge on any atom is -0.364 e. The predicted molar refractivity (Wildman–Crippen MR) is 77.6 cm³/mol. The second-order valence-electron chi connectivity index (χ2n) is 4.85. The van der Waals surface area contributed by atoms with Crippen molar-refractivity contribution in [3.63, 3.8) is 0 Å². The van der Waals surface area contributed by atoms with E-state index < -0.39 is 0 Å². The van der Waals surface area contributed by atoms with Crippen LogP contribution >= 0.6 is 15.9 Å². The van der Waals surface area contributed by atoms with E-state index >= 15 is 0 Å². The quantitative estimate of drug-likeness (QED) is 0.890. The van der Waals surface area contributed by atoms with E-state index in [0.717, 1.165) is 22.9 Å². The summed E-state index contributed by atoms with van der Waals surface area (Å²) in [7, 11) is 0. The first-order chi connectivity index (χ1) is 9.10. The zero-order valence-corrected chi connectivity index (χ0v) is 12.5. The molecule has 1 fully saturated rings. The van der Waals surface area contributed by atoms with Gasteiger partial charge in [0.1, 0.15) is 6.10 Å². The molecule has 1 aliphatic heterocycles. The second-order valence-corrected chi connectivity index (χ2v) is 5.76. The summed E-state index contributed by atoms with van der Waals surface area (Å²) in [5.74, 6) is -0.0524. The standard InChI is InChI=1S/C14H19BrN2O2/c1-9(10-3-2-4-11(15)7-10)17-14(18)13-6-5-12(8-16)19-13/h2-4,7,9,12-13H,5-6,8,16H2,1H3,(H,17,18)/t9-,12?,13?/m0/s1. The Morgan fingerprint density at radius 1 is 1.58 bits per heavy atom. The van der Waals surface area contributed by atoms with Crippen LogP contribution in [0.1, 0.15) is 31.4 Å². The molecule has 19 heavy (non-hydrogen) atoms. The van der Waals surface area contributed by atoms with Crippen LogP contribution in [-0.2, 0) is 9.53 Å². The summed E-state index contributed by atoms with van der Waals surface area (Å²) >= 11 is 3.43. The first kappa shape index (κ1) is 14.5. The average molecular weight is 327 g/mol. The van der Waals surface area contributed by atoms with E-state index in [-0.39, 0.29) is 24.2 Å². The van der Waals surface area contributed by atoms with Gasteiger partial charge < -0.3 is 15.8 Å². The van der Waals surface area contributed by atoms with Gasteiger partial charge in [-0.05, 0) is 37.5 Å². The van der Waals surface area contributed by atoms with Crippen LogP contribution in [0.5, 0.6) is 0 Å². The van der Waals surface area contributed by atoms with Gasteiger partial charge in [0.25, 0.3) is 0 Å². The number of nitrogens with one attached hydrogen (secondary N) is 1.